The lowest BCUT2D eigenvalue weighted by Crippen LogP contribution is -2.29. The standard InChI is InChI=1S/C40H41ClN6O5/c1-24-27(17-35-37-28(9-12-42-35)15-25(18-43-37)20-47-14-11-30(48)23-47)5-3-6-31(24)32-7-4-8-34(36(32)41)44-38(49)33-16-26(19-45(2)39(33)50)21-46-13-10-29(22-46)40(51)52/h3-9,12,15-16,18-19,29-30,48H,10-11,13-14,17,20-23H2,1-2H3,(H,44,49)(H,51,52)/t29-,30-/m1/s1. The van der Waals surface area contributed by atoms with Crippen molar-refractivity contribution in [1.29, 1.82) is 0 Å². The van der Waals surface area contributed by atoms with Gasteiger partial charge in [0.15, 0.2) is 0 Å². The fourth-order valence-electron chi connectivity index (χ4n) is 7.43. The van der Waals surface area contributed by atoms with Gasteiger partial charge < -0.3 is 20.1 Å². The molecule has 3 aromatic heterocycles. The van der Waals surface area contributed by atoms with Crippen molar-refractivity contribution in [2.24, 2.45) is 13.0 Å². The number of aryl methyl sites for hydroxylation is 1. The number of carboxylic acids is 1. The Balaban J connectivity index is 1.10. The quantitative estimate of drug-likeness (QED) is 0.176. The monoisotopic (exact) mass is 720 g/mol. The molecule has 2 aliphatic rings. The van der Waals surface area contributed by atoms with Gasteiger partial charge in [0, 0.05) is 75.7 Å². The fraction of sp³-hybridized carbons (Fsp3) is 0.325. The molecule has 2 aliphatic heterocycles. The van der Waals surface area contributed by atoms with Crippen LogP contribution in [0.2, 0.25) is 5.02 Å². The van der Waals surface area contributed by atoms with Gasteiger partial charge >= 0.3 is 5.97 Å². The molecular formula is C40H41ClN6O5. The Morgan fingerprint density at radius 2 is 1.71 bits per heavy atom. The Labute approximate surface area is 306 Å². The summed E-state index contributed by atoms with van der Waals surface area (Å²) in [5.74, 6) is -1.81. The molecule has 11 nitrogen and oxygen atoms in total. The number of rotatable bonds is 10. The van der Waals surface area contributed by atoms with E-state index in [1.807, 2.05) is 54.5 Å². The second kappa shape index (κ2) is 15.0. The second-order valence-corrected chi connectivity index (χ2v) is 14.4. The number of likely N-dealkylation sites (tertiary alicyclic amines) is 2. The summed E-state index contributed by atoms with van der Waals surface area (Å²) < 4.78 is 1.38. The summed E-state index contributed by atoms with van der Waals surface area (Å²) >= 11 is 6.98. The first-order valence-corrected chi connectivity index (χ1v) is 17.9. The summed E-state index contributed by atoms with van der Waals surface area (Å²) in [6.45, 7) is 5.83. The van der Waals surface area contributed by atoms with E-state index in [1.54, 1.807) is 25.4 Å². The number of carboxylic acid groups (broad SMARTS) is 1. The van der Waals surface area contributed by atoms with E-state index in [4.69, 9.17) is 21.6 Å². The molecule has 2 saturated heterocycles. The van der Waals surface area contributed by atoms with Crippen LogP contribution in [0.15, 0.2) is 78.0 Å². The lowest BCUT2D eigenvalue weighted by atomic mass is 9.93. The maximum atomic E-state index is 13.6. The zero-order chi connectivity index (χ0) is 36.5. The van der Waals surface area contributed by atoms with E-state index in [0.717, 1.165) is 69.5 Å². The predicted octanol–water partition coefficient (Wildman–Crippen LogP) is 5.27. The Morgan fingerprint density at radius 3 is 2.48 bits per heavy atom. The highest BCUT2D eigenvalue weighted by Crippen LogP contribution is 2.37. The first-order chi connectivity index (χ1) is 25.0. The Morgan fingerprint density at radius 1 is 0.962 bits per heavy atom. The zero-order valence-corrected chi connectivity index (χ0v) is 29.9. The number of carbonyl (C=O) groups is 2. The molecule has 2 atom stereocenters. The van der Waals surface area contributed by atoms with Gasteiger partial charge in [-0.3, -0.25) is 34.2 Å². The molecule has 0 saturated carbocycles. The molecule has 2 fully saturated rings. The summed E-state index contributed by atoms with van der Waals surface area (Å²) in [4.78, 5) is 51.8. The van der Waals surface area contributed by atoms with Gasteiger partial charge in [0.1, 0.15) is 5.56 Å². The molecule has 0 spiro atoms. The minimum Gasteiger partial charge on any atom is -0.481 e. The van der Waals surface area contributed by atoms with Gasteiger partial charge in [-0.1, -0.05) is 41.9 Å². The summed E-state index contributed by atoms with van der Waals surface area (Å²) in [7, 11) is 1.60. The number of aliphatic carboxylic acids is 1. The number of β-amino-alcohol motifs (C(OH)–C–C–N with tert-alkyl or cyclic N) is 1. The van der Waals surface area contributed by atoms with Gasteiger partial charge in [0.25, 0.3) is 11.5 Å². The number of halogens is 1. The summed E-state index contributed by atoms with van der Waals surface area (Å²) in [5, 5.41) is 23.5. The minimum atomic E-state index is -0.811. The summed E-state index contributed by atoms with van der Waals surface area (Å²) in [6, 6.07) is 17.2. The molecule has 0 unspecified atom stereocenters. The maximum Gasteiger partial charge on any atom is 0.307 e. The minimum absolute atomic E-state index is 0.0215. The number of anilines is 1. The van der Waals surface area contributed by atoms with Crippen molar-refractivity contribution in [1.82, 2.24) is 24.3 Å². The molecule has 12 heteroatoms. The predicted molar refractivity (Wildman–Crippen MR) is 201 cm³/mol. The van der Waals surface area contributed by atoms with Crippen molar-refractivity contribution >= 4 is 40.1 Å². The Kier molecular flexibility index (Phi) is 10.2. The van der Waals surface area contributed by atoms with Gasteiger partial charge in [0.05, 0.1) is 33.9 Å². The van der Waals surface area contributed by atoms with Crippen LogP contribution in [0.4, 0.5) is 5.69 Å². The molecule has 52 heavy (non-hydrogen) atoms. The molecule has 2 aromatic carbocycles. The van der Waals surface area contributed by atoms with Crippen LogP contribution in [0.3, 0.4) is 0 Å². The van der Waals surface area contributed by atoms with Crippen LogP contribution >= 0.6 is 11.6 Å². The molecule has 1 amide bonds. The Bertz CT molecular complexity index is 2240. The highest BCUT2D eigenvalue weighted by molar-refractivity contribution is 6.36. The number of aliphatic hydroxyl groups excluding tert-OH is 1. The van der Waals surface area contributed by atoms with Gasteiger partial charge in [0.2, 0.25) is 0 Å². The number of fused-ring (bicyclic) bond motifs is 1. The number of hydrogen-bond acceptors (Lipinski definition) is 8. The first-order valence-electron chi connectivity index (χ1n) is 17.5. The van der Waals surface area contributed by atoms with E-state index >= 15 is 0 Å². The average Bonchev–Trinajstić information content (AvgIpc) is 3.77. The van der Waals surface area contributed by atoms with E-state index in [-0.39, 0.29) is 11.7 Å². The topological polar surface area (TPSA) is 141 Å². The van der Waals surface area contributed by atoms with Gasteiger partial charge in [-0.05, 0) is 78.4 Å². The van der Waals surface area contributed by atoms with Crippen molar-refractivity contribution < 1.29 is 19.8 Å². The molecule has 268 valence electrons. The average molecular weight is 721 g/mol. The van der Waals surface area contributed by atoms with Crippen molar-refractivity contribution in [2.75, 3.05) is 31.5 Å². The fourth-order valence-corrected chi connectivity index (χ4v) is 7.71. The van der Waals surface area contributed by atoms with E-state index in [2.05, 4.69) is 22.3 Å². The molecule has 5 heterocycles. The number of aromatic nitrogens is 3. The highest BCUT2D eigenvalue weighted by Gasteiger charge is 2.28. The van der Waals surface area contributed by atoms with Crippen LogP contribution in [0.5, 0.6) is 0 Å². The summed E-state index contributed by atoms with van der Waals surface area (Å²) in [6.07, 6.45) is 7.06. The van der Waals surface area contributed by atoms with Crippen LogP contribution < -0.4 is 10.9 Å². The largest absolute Gasteiger partial charge is 0.481 e. The number of nitrogens with zero attached hydrogens (tertiary/aromatic N) is 5. The number of benzene rings is 2. The van der Waals surface area contributed by atoms with Crippen LogP contribution in [0.1, 0.15) is 51.1 Å². The molecule has 3 N–H and O–H groups in total. The first kappa shape index (κ1) is 35.5. The third-order valence-electron chi connectivity index (χ3n) is 10.2. The van der Waals surface area contributed by atoms with Crippen LogP contribution in [0, 0.1) is 12.8 Å². The Hall–Kier alpha value is -4.94. The van der Waals surface area contributed by atoms with Crippen LogP contribution in [0.25, 0.3) is 22.0 Å². The zero-order valence-electron chi connectivity index (χ0n) is 29.2. The lowest BCUT2D eigenvalue weighted by Gasteiger charge is -2.17. The smallest absolute Gasteiger partial charge is 0.307 e. The van der Waals surface area contributed by atoms with E-state index in [9.17, 15) is 24.6 Å². The van der Waals surface area contributed by atoms with Crippen LogP contribution in [-0.4, -0.2) is 78.7 Å². The number of pyridine rings is 3. The SMILES string of the molecule is Cc1c(Cc2nccc3cc(CN4CC[C@@H](O)C4)cnc23)cccc1-c1cccc(NC(=O)c2cc(CN3CC[C@@H](C(=O)O)C3)cn(C)c2=O)c1Cl. The molecule has 0 aliphatic carbocycles. The number of hydrogen-bond donors (Lipinski definition) is 3. The van der Waals surface area contributed by atoms with E-state index in [1.165, 1.54) is 4.57 Å². The summed E-state index contributed by atoms with van der Waals surface area (Å²) in [5.41, 5.74) is 7.20. The van der Waals surface area contributed by atoms with Gasteiger partial charge in [-0.2, -0.15) is 0 Å². The van der Waals surface area contributed by atoms with Crippen molar-refractivity contribution in [2.45, 2.75) is 45.4 Å². The lowest BCUT2D eigenvalue weighted by molar-refractivity contribution is -0.141. The number of nitrogens with one attached hydrogen (secondary N) is 1. The van der Waals surface area contributed by atoms with Crippen molar-refractivity contribution in [3.05, 3.63) is 122 Å². The highest BCUT2D eigenvalue weighted by atomic mass is 35.5. The maximum absolute atomic E-state index is 13.6. The molecule has 0 bridgehead atoms. The third kappa shape index (κ3) is 7.49. The van der Waals surface area contributed by atoms with Gasteiger partial charge in [-0.15, -0.1) is 0 Å². The normalized spacial score (nSPS) is 17.9. The molecular weight excluding hydrogens is 680 g/mol. The number of amides is 1. The number of aliphatic hydroxyl groups is 1. The molecule has 5 aromatic rings. The number of carbonyl (C=O) groups excluding carboxylic acids is 1. The van der Waals surface area contributed by atoms with E-state index in [0.29, 0.717) is 49.7 Å². The van der Waals surface area contributed by atoms with Crippen molar-refractivity contribution in [3.63, 3.8) is 0 Å². The van der Waals surface area contributed by atoms with Gasteiger partial charge in [-0.25, -0.2) is 0 Å². The molecule has 0 radical (unpaired) electrons. The molecule has 7 rings (SSSR count). The van der Waals surface area contributed by atoms with Crippen molar-refractivity contribution in [3.8, 4) is 11.1 Å². The second-order valence-electron chi connectivity index (χ2n) is 14.0. The third-order valence-corrected chi connectivity index (χ3v) is 10.6. The van der Waals surface area contributed by atoms with E-state index < -0.39 is 23.4 Å². The van der Waals surface area contributed by atoms with Crippen LogP contribution in [-0.2, 0) is 31.4 Å².